The van der Waals surface area contributed by atoms with E-state index >= 15 is 0 Å². The lowest BCUT2D eigenvalue weighted by Gasteiger charge is -2.23. The van der Waals surface area contributed by atoms with Crippen molar-refractivity contribution in [3.05, 3.63) is 23.5 Å². The highest BCUT2D eigenvalue weighted by molar-refractivity contribution is 5.53. The predicted molar refractivity (Wildman–Crippen MR) is 61.1 cm³/mol. The molecule has 0 aliphatic carbocycles. The number of nitrogens with two attached hydrogens (primary N) is 2. The predicted octanol–water partition coefficient (Wildman–Crippen LogP) is 0.458. The molecule has 4 nitrogen and oxygen atoms in total. The number of nitrogens with one attached hydrogen (secondary N) is 1. The van der Waals surface area contributed by atoms with Crippen molar-refractivity contribution in [1.82, 2.24) is 0 Å². The highest BCUT2D eigenvalue weighted by Crippen LogP contribution is 2.30. The molecule has 1 aliphatic rings. The first-order valence-electron chi connectivity index (χ1n) is 5.35. The minimum absolute atomic E-state index is 0.121. The number of benzene rings is 1. The lowest BCUT2D eigenvalue weighted by molar-refractivity contribution is 0.259. The van der Waals surface area contributed by atoms with E-state index in [1.165, 1.54) is 6.07 Å². The second-order valence-electron chi connectivity index (χ2n) is 3.93. The van der Waals surface area contributed by atoms with Crippen molar-refractivity contribution in [2.24, 2.45) is 11.5 Å². The van der Waals surface area contributed by atoms with Crippen LogP contribution in [-0.4, -0.2) is 25.7 Å². The maximum Gasteiger partial charge on any atom is 0.132 e. The van der Waals surface area contributed by atoms with Gasteiger partial charge in [-0.25, -0.2) is 4.39 Å². The van der Waals surface area contributed by atoms with Crippen molar-refractivity contribution in [2.75, 3.05) is 25.0 Å². The maximum atomic E-state index is 13.7. The molecular weight excluding hydrogens is 209 g/mol. The Morgan fingerprint density at radius 1 is 1.50 bits per heavy atom. The molecule has 0 unspecified atom stereocenters. The van der Waals surface area contributed by atoms with E-state index in [-0.39, 0.29) is 11.9 Å². The van der Waals surface area contributed by atoms with Crippen molar-refractivity contribution in [2.45, 2.75) is 12.5 Å². The van der Waals surface area contributed by atoms with Crippen molar-refractivity contribution >= 4 is 5.69 Å². The van der Waals surface area contributed by atoms with Crippen LogP contribution in [-0.2, 0) is 6.42 Å². The summed E-state index contributed by atoms with van der Waals surface area (Å²) in [5.41, 5.74) is 12.3. The van der Waals surface area contributed by atoms with Crippen LogP contribution in [0.15, 0.2) is 12.1 Å². The molecule has 5 heteroatoms. The molecule has 0 aromatic heterocycles. The Hall–Kier alpha value is -1.33. The first kappa shape index (κ1) is 11.2. The number of anilines is 1. The molecule has 1 aromatic rings. The van der Waals surface area contributed by atoms with Gasteiger partial charge in [-0.2, -0.15) is 0 Å². The van der Waals surface area contributed by atoms with Gasteiger partial charge < -0.3 is 21.5 Å². The Kier molecular flexibility index (Phi) is 3.26. The molecule has 0 radical (unpaired) electrons. The molecule has 1 aliphatic heterocycles. The van der Waals surface area contributed by atoms with E-state index in [2.05, 4.69) is 5.32 Å². The van der Waals surface area contributed by atoms with Crippen molar-refractivity contribution in [3.63, 3.8) is 0 Å². The Morgan fingerprint density at radius 2 is 2.31 bits per heavy atom. The van der Waals surface area contributed by atoms with Gasteiger partial charge in [-0.1, -0.05) is 0 Å². The summed E-state index contributed by atoms with van der Waals surface area (Å²) >= 11 is 0. The van der Waals surface area contributed by atoms with E-state index in [9.17, 15) is 4.39 Å². The fourth-order valence-electron chi connectivity index (χ4n) is 1.77. The number of halogens is 1. The van der Waals surface area contributed by atoms with Crippen LogP contribution in [0.1, 0.15) is 5.56 Å². The third-order valence-corrected chi connectivity index (χ3v) is 2.55. The zero-order valence-corrected chi connectivity index (χ0v) is 9.00. The molecule has 0 saturated carbocycles. The fraction of sp³-hybridized carbons (Fsp3) is 0.455. The first-order chi connectivity index (χ1) is 7.70. The summed E-state index contributed by atoms with van der Waals surface area (Å²) in [6.45, 7) is 1.55. The van der Waals surface area contributed by atoms with Gasteiger partial charge in [0.2, 0.25) is 0 Å². The quantitative estimate of drug-likeness (QED) is 0.698. The fourth-order valence-corrected chi connectivity index (χ4v) is 1.77. The van der Waals surface area contributed by atoms with E-state index in [0.717, 1.165) is 0 Å². The molecule has 5 N–H and O–H groups in total. The average Bonchev–Trinajstić information content (AvgIpc) is 2.27. The van der Waals surface area contributed by atoms with Gasteiger partial charge >= 0.3 is 0 Å². The molecule has 0 fully saturated rings. The zero-order valence-electron chi connectivity index (χ0n) is 9.00. The molecule has 1 heterocycles. The highest BCUT2D eigenvalue weighted by atomic mass is 19.1. The number of ether oxygens (including phenoxy) is 1. The lowest BCUT2D eigenvalue weighted by Crippen LogP contribution is -2.34. The minimum Gasteiger partial charge on any atom is -0.491 e. The molecule has 0 amide bonds. The summed E-state index contributed by atoms with van der Waals surface area (Å²) in [5, 5.41) is 3.02. The van der Waals surface area contributed by atoms with E-state index in [0.29, 0.717) is 43.1 Å². The van der Waals surface area contributed by atoms with Crippen LogP contribution in [0, 0.1) is 5.82 Å². The normalized spacial score (nSPS) is 18.8. The number of rotatable bonds is 3. The Bertz CT molecular complexity index is 384. The van der Waals surface area contributed by atoms with E-state index in [4.69, 9.17) is 16.2 Å². The molecule has 88 valence electrons. The van der Waals surface area contributed by atoms with Crippen LogP contribution < -0.4 is 21.5 Å². The third kappa shape index (κ3) is 2.25. The summed E-state index contributed by atoms with van der Waals surface area (Å²) < 4.78 is 19.1. The molecule has 2 rings (SSSR count). The molecule has 1 atom stereocenters. The monoisotopic (exact) mass is 225 g/mol. The van der Waals surface area contributed by atoms with Crippen LogP contribution >= 0.6 is 0 Å². The van der Waals surface area contributed by atoms with Gasteiger partial charge in [0.15, 0.2) is 0 Å². The molecule has 0 spiro atoms. The SMILES string of the molecule is NCCNc1cc(F)c2c(c1)OC[C@H](N)C2. The maximum absolute atomic E-state index is 13.7. The van der Waals surface area contributed by atoms with Gasteiger partial charge in [0.05, 0.1) is 0 Å². The van der Waals surface area contributed by atoms with Crippen molar-refractivity contribution in [1.29, 1.82) is 0 Å². The van der Waals surface area contributed by atoms with Crippen LogP contribution in [0.4, 0.5) is 10.1 Å². The standard InChI is InChI=1S/C11H16FN3O/c12-10-4-8(15-2-1-13)5-11-9(10)3-7(14)6-16-11/h4-5,7,15H,1-3,6,13-14H2/t7-/m1/s1. The minimum atomic E-state index is -0.271. The number of hydrogen-bond acceptors (Lipinski definition) is 4. The second-order valence-corrected chi connectivity index (χ2v) is 3.93. The van der Waals surface area contributed by atoms with E-state index in [1.54, 1.807) is 6.07 Å². The van der Waals surface area contributed by atoms with Crippen molar-refractivity contribution in [3.8, 4) is 5.75 Å². The van der Waals surface area contributed by atoms with E-state index in [1.807, 2.05) is 0 Å². The Morgan fingerprint density at radius 3 is 3.06 bits per heavy atom. The molecule has 0 saturated heterocycles. The van der Waals surface area contributed by atoms with Crippen LogP contribution in [0.2, 0.25) is 0 Å². The first-order valence-corrected chi connectivity index (χ1v) is 5.35. The topological polar surface area (TPSA) is 73.3 Å². The largest absolute Gasteiger partial charge is 0.491 e. The lowest BCUT2D eigenvalue weighted by atomic mass is 10.0. The van der Waals surface area contributed by atoms with Crippen LogP contribution in [0.5, 0.6) is 5.75 Å². The summed E-state index contributed by atoms with van der Waals surface area (Å²) in [5.74, 6) is 0.313. The molecule has 1 aromatic carbocycles. The molecule has 16 heavy (non-hydrogen) atoms. The summed E-state index contributed by atoms with van der Waals surface area (Å²) in [7, 11) is 0. The van der Waals surface area contributed by atoms with Gasteiger partial charge in [-0.05, 0) is 12.5 Å². The van der Waals surface area contributed by atoms with Crippen LogP contribution in [0.3, 0.4) is 0 Å². The van der Waals surface area contributed by atoms with Gasteiger partial charge in [0, 0.05) is 36.4 Å². The van der Waals surface area contributed by atoms with Crippen LogP contribution in [0.25, 0.3) is 0 Å². The molecule has 0 bridgehead atoms. The summed E-state index contributed by atoms with van der Waals surface area (Å²) in [6.07, 6.45) is 0.526. The highest BCUT2D eigenvalue weighted by Gasteiger charge is 2.20. The van der Waals surface area contributed by atoms with Gasteiger partial charge in [-0.3, -0.25) is 0 Å². The second kappa shape index (κ2) is 4.67. The Balaban J connectivity index is 2.24. The third-order valence-electron chi connectivity index (χ3n) is 2.55. The number of hydrogen-bond donors (Lipinski definition) is 3. The van der Waals surface area contributed by atoms with Gasteiger partial charge in [0.1, 0.15) is 18.2 Å². The van der Waals surface area contributed by atoms with E-state index < -0.39 is 0 Å². The van der Waals surface area contributed by atoms with Gasteiger partial charge in [0.25, 0.3) is 0 Å². The summed E-state index contributed by atoms with van der Waals surface area (Å²) in [4.78, 5) is 0. The number of fused-ring (bicyclic) bond motifs is 1. The van der Waals surface area contributed by atoms with Gasteiger partial charge in [-0.15, -0.1) is 0 Å². The molecular formula is C11H16FN3O. The van der Waals surface area contributed by atoms with Crippen molar-refractivity contribution < 1.29 is 9.13 Å². The Labute approximate surface area is 93.8 Å². The zero-order chi connectivity index (χ0) is 11.5. The summed E-state index contributed by atoms with van der Waals surface area (Å²) in [6, 6.07) is 3.13. The smallest absolute Gasteiger partial charge is 0.132 e. The average molecular weight is 225 g/mol.